The summed E-state index contributed by atoms with van der Waals surface area (Å²) in [6.45, 7) is 7.95. The van der Waals surface area contributed by atoms with Gasteiger partial charge in [-0.05, 0) is 18.8 Å². The van der Waals surface area contributed by atoms with Gasteiger partial charge in [0.25, 0.3) is 0 Å². The smallest absolute Gasteiger partial charge is 0.0603 e. The highest BCUT2D eigenvalue weighted by molar-refractivity contribution is 4.75. The summed E-state index contributed by atoms with van der Waals surface area (Å²) in [7, 11) is 0. The van der Waals surface area contributed by atoms with Gasteiger partial charge in [0.1, 0.15) is 0 Å². The number of hydrogen-bond acceptors (Lipinski definition) is 2. The molecule has 1 unspecified atom stereocenters. The zero-order valence-corrected chi connectivity index (χ0v) is 7.39. The SMILES string of the molecule is CC(N)C[C@H](O)C(C)(C)C. The van der Waals surface area contributed by atoms with Crippen LogP contribution in [-0.2, 0) is 0 Å². The zero-order valence-electron chi connectivity index (χ0n) is 7.39. The van der Waals surface area contributed by atoms with Crippen LogP contribution in [-0.4, -0.2) is 17.3 Å². The molecule has 2 nitrogen and oxygen atoms in total. The van der Waals surface area contributed by atoms with Gasteiger partial charge in [0.15, 0.2) is 0 Å². The molecule has 0 aromatic carbocycles. The van der Waals surface area contributed by atoms with Gasteiger partial charge in [0, 0.05) is 6.04 Å². The lowest BCUT2D eigenvalue weighted by Gasteiger charge is -2.26. The van der Waals surface area contributed by atoms with Gasteiger partial charge >= 0.3 is 0 Å². The molecule has 0 aliphatic rings. The molecule has 0 saturated heterocycles. The first-order valence-electron chi connectivity index (χ1n) is 3.77. The number of aliphatic hydroxyl groups is 1. The molecule has 0 aromatic heterocycles. The Balaban J connectivity index is 3.73. The maximum atomic E-state index is 9.48. The van der Waals surface area contributed by atoms with Crippen LogP contribution >= 0.6 is 0 Å². The third kappa shape index (κ3) is 3.85. The van der Waals surface area contributed by atoms with Crippen molar-refractivity contribution in [3.8, 4) is 0 Å². The third-order valence-electron chi connectivity index (χ3n) is 1.59. The molecule has 0 fully saturated rings. The predicted molar refractivity (Wildman–Crippen MR) is 43.7 cm³/mol. The van der Waals surface area contributed by atoms with Crippen LogP contribution in [0.25, 0.3) is 0 Å². The second kappa shape index (κ2) is 3.35. The Hall–Kier alpha value is -0.0800. The molecule has 0 heterocycles. The van der Waals surface area contributed by atoms with Gasteiger partial charge in [-0.15, -0.1) is 0 Å². The van der Waals surface area contributed by atoms with Crippen molar-refractivity contribution in [1.82, 2.24) is 0 Å². The Bertz CT molecular complexity index is 93.9. The maximum absolute atomic E-state index is 9.48. The van der Waals surface area contributed by atoms with Crippen LogP contribution in [0.3, 0.4) is 0 Å². The topological polar surface area (TPSA) is 46.2 Å². The van der Waals surface area contributed by atoms with E-state index in [2.05, 4.69) is 0 Å². The van der Waals surface area contributed by atoms with E-state index in [1.165, 1.54) is 0 Å². The molecule has 0 aliphatic heterocycles. The zero-order chi connectivity index (χ0) is 8.36. The van der Waals surface area contributed by atoms with Crippen LogP contribution in [0.2, 0.25) is 0 Å². The van der Waals surface area contributed by atoms with Crippen molar-refractivity contribution in [3.05, 3.63) is 0 Å². The Morgan fingerprint density at radius 3 is 1.90 bits per heavy atom. The Kier molecular flexibility index (Phi) is 3.33. The summed E-state index contributed by atoms with van der Waals surface area (Å²) in [6.07, 6.45) is 0.399. The molecule has 2 atom stereocenters. The van der Waals surface area contributed by atoms with Crippen LogP contribution < -0.4 is 5.73 Å². The summed E-state index contributed by atoms with van der Waals surface area (Å²) in [5.74, 6) is 0. The van der Waals surface area contributed by atoms with Gasteiger partial charge in [-0.1, -0.05) is 20.8 Å². The average Bonchev–Trinajstić information content (AvgIpc) is 1.60. The van der Waals surface area contributed by atoms with Crippen LogP contribution in [0.15, 0.2) is 0 Å². The number of aliphatic hydroxyl groups excluding tert-OH is 1. The minimum atomic E-state index is -0.285. The summed E-state index contributed by atoms with van der Waals surface area (Å²) in [5.41, 5.74) is 5.50. The van der Waals surface area contributed by atoms with Crippen LogP contribution in [0, 0.1) is 5.41 Å². The van der Waals surface area contributed by atoms with E-state index in [-0.39, 0.29) is 17.6 Å². The standard InChI is InChI=1S/C8H19NO/c1-6(9)5-7(10)8(2,3)4/h6-7,10H,5,9H2,1-4H3/t6?,7-/m0/s1. The van der Waals surface area contributed by atoms with Gasteiger partial charge < -0.3 is 10.8 Å². The summed E-state index contributed by atoms with van der Waals surface area (Å²) in [4.78, 5) is 0. The second-order valence-corrected chi connectivity index (χ2v) is 4.09. The van der Waals surface area contributed by atoms with Crippen LogP contribution in [0.1, 0.15) is 34.1 Å². The van der Waals surface area contributed by atoms with Crippen molar-refractivity contribution in [2.45, 2.75) is 46.3 Å². The van der Waals surface area contributed by atoms with E-state index in [1.807, 2.05) is 27.7 Å². The lowest BCUT2D eigenvalue weighted by atomic mass is 9.86. The maximum Gasteiger partial charge on any atom is 0.0603 e. The van der Waals surface area contributed by atoms with Crippen molar-refractivity contribution in [1.29, 1.82) is 0 Å². The van der Waals surface area contributed by atoms with Gasteiger partial charge in [-0.25, -0.2) is 0 Å². The fourth-order valence-corrected chi connectivity index (χ4v) is 0.706. The van der Waals surface area contributed by atoms with Crippen molar-refractivity contribution < 1.29 is 5.11 Å². The van der Waals surface area contributed by atoms with Crippen LogP contribution in [0.5, 0.6) is 0 Å². The molecule has 3 N–H and O–H groups in total. The first-order chi connectivity index (χ1) is 4.34. The first-order valence-corrected chi connectivity index (χ1v) is 3.77. The monoisotopic (exact) mass is 145 g/mol. The Morgan fingerprint density at radius 2 is 1.80 bits per heavy atom. The van der Waals surface area contributed by atoms with E-state index in [4.69, 9.17) is 5.73 Å². The minimum Gasteiger partial charge on any atom is -0.393 e. The lowest BCUT2D eigenvalue weighted by molar-refractivity contribution is 0.0512. The molecular formula is C8H19NO. The fourth-order valence-electron chi connectivity index (χ4n) is 0.706. The quantitative estimate of drug-likeness (QED) is 0.612. The number of rotatable bonds is 2. The predicted octanol–water partition coefficient (Wildman–Crippen LogP) is 1.13. The molecule has 2 heteroatoms. The van der Waals surface area contributed by atoms with E-state index < -0.39 is 0 Å². The average molecular weight is 145 g/mol. The molecular weight excluding hydrogens is 126 g/mol. The molecule has 0 rings (SSSR count). The van der Waals surface area contributed by atoms with Gasteiger partial charge in [0.05, 0.1) is 6.10 Å². The first kappa shape index (κ1) is 9.92. The molecule has 0 aliphatic carbocycles. The number of hydrogen-bond donors (Lipinski definition) is 2. The lowest BCUT2D eigenvalue weighted by Crippen LogP contribution is -2.32. The van der Waals surface area contributed by atoms with Gasteiger partial charge in [0.2, 0.25) is 0 Å². The summed E-state index contributed by atoms with van der Waals surface area (Å²) < 4.78 is 0. The molecule has 0 bridgehead atoms. The van der Waals surface area contributed by atoms with Gasteiger partial charge in [-0.2, -0.15) is 0 Å². The third-order valence-corrected chi connectivity index (χ3v) is 1.59. The molecule has 10 heavy (non-hydrogen) atoms. The van der Waals surface area contributed by atoms with Crippen molar-refractivity contribution >= 4 is 0 Å². The molecule has 0 radical (unpaired) electrons. The highest BCUT2D eigenvalue weighted by Crippen LogP contribution is 2.21. The van der Waals surface area contributed by atoms with Crippen LogP contribution in [0.4, 0.5) is 0 Å². The molecule has 0 amide bonds. The fraction of sp³-hybridized carbons (Fsp3) is 1.00. The van der Waals surface area contributed by atoms with E-state index in [0.717, 1.165) is 0 Å². The molecule has 0 saturated carbocycles. The largest absolute Gasteiger partial charge is 0.393 e. The van der Waals surface area contributed by atoms with Crippen molar-refractivity contribution in [2.24, 2.45) is 11.1 Å². The molecule has 0 aromatic rings. The second-order valence-electron chi connectivity index (χ2n) is 4.09. The van der Waals surface area contributed by atoms with E-state index >= 15 is 0 Å². The number of nitrogens with two attached hydrogens (primary N) is 1. The molecule has 0 spiro atoms. The highest BCUT2D eigenvalue weighted by atomic mass is 16.3. The van der Waals surface area contributed by atoms with Gasteiger partial charge in [-0.3, -0.25) is 0 Å². The highest BCUT2D eigenvalue weighted by Gasteiger charge is 2.22. The summed E-state index contributed by atoms with van der Waals surface area (Å²) in [6, 6.07) is 0.0919. The van der Waals surface area contributed by atoms with Crippen molar-refractivity contribution in [2.75, 3.05) is 0 Å². The van der Waals surface area contributed by atoms with Crippen molar-refractivity contribution in [3.63, 3.8) is 0 Å². The summed E-state index contributed by atoms with van der Waals surface area (Å²) >= 11 is 0. The Morgan fingerprint density at radius 1 is 1.40 bits per heavy atom. The van der Waals surface area contributed by atoms with E-state index in [1.54, 1.807) is 0 Å². The summed E-state index contributed by atoms with van der Waals surface area (Å²) in [5, 5.41) is 9.48. The van der Waals surface area contributed by atoms with E-state index in [9.17, 15) is 5.11 Å². The normalized spacial score (nSPS) is 18.6. The van der Waals surface area contributed by atoms with E-state index in [0.29, 0.717) is 6.42 Å². The minimum absolute atomic E-state index is 0.0341. The Labute approximate surface area is 63.4 Å². The molecule has 62 valence electrons.